The van der Waals surface area contributed by atoms with Crippen LogP contribution in [0, 0.1) is 6.92 Å². The van der Waals surface area contributed by atoms with Gasteiger partial charge in [0.25, 0.3) is 0 Å². The minimum Gasteiger partial charge on any atom is -0.338 e. The number of anilines is 1. The first-order valence-electron chi connectivity index (χ1n) is 7.81. The quantitative estimate of drug-likeness (QED) is 0.808. The molecule has 24 heavy (non-hydrogen) atoms. The van der Waals surface area contributed by atoms with E-state index in [-0.39, 0.29) is 18.2 Å². The fourth-order valence-corrected chi connectivity index (χ4v) is 2.66. The van der Waals surface area contributed by atoms with Crippen molar-refractivity contribution in [2.24, 2.45) is 0 Å². The number of nitrogens with one attached hydrogen (secondary N) is 1. The van der Waals surface area contributed by atoms with E-state index in [2.05, 4.69) is 21.2 Å². The summed E-state index contributed by atoms with van der Waals surface area (Å²) in [4.78, 5) is 25.6. The van der Waals surface area contributed by atoms with E-state index in [9.17, 15) is 9.59 Å². The third-order valence-electron chi connectivity index (χ3n) is 3.73. The summed E-state index contributed by atoms with van der Waals surface area (Å²) in [6.07, 6.45) is 0.262. The van der Waals surface area contributed by atoms with E-state index >= 15 is 0 Å². The predicted octanol–water partition coefficient (Wildman–Crippen LogP) is 4.13. The molecule has 0 spiro atoms. The summed E-state index contributed by atoms with van der Waals surface area (Å²) in [6, 6.07) is 15.4. The third kappa shape index (κ3) is 5.49. The van der Waals surface area contributed by atoms with Crippen molar-refractivity contribution >= 4 is 33.4 Å². The molecule has 4 nitrogen and oxygen atoms in total. The third-order valence-corrected chi connectivity index (χ3v) is 4.58. The molecule has 0 aliphatic heterocycles. The van der Waals surface area contributed by atoms with Crippen molar-refractivity contribution in [2.45, 2.75) is 26.8 Å². The monoisotopic (exact) mass is 388 g/mol. The van der Waals surface area contributed by atoms with Crippen LogP contribution in [-0.4, -0.2) is 23.3 Å². The number of hydrogen-bond donors (Lipinski definition) is 1. The molecule has 2 aromatic carbocycles. The zero-order chi connectivity index (χ0) is 17.5. The lowest BCUT2D eigenvalue weighted by Gasteiger charge is -2.21. The fourth-order valence-electron chi connectivity index (χ4n) is 2.28. The molecule has 0 fully saturated rings. The first-order valence-corrected chi connectivity index (χ1v) is 8.60. The standard InChI is InChI=1S/C19H21BrN2O2/c1-14-8-9-17(12-18(14)20)21-19(24)10-11-22(15(2)23)13-16-6-4-3-5-7-16/h3-9,12H,10-11,13H2,1-2H3,(H,21,24). The number of rotatable bonds is 6. The molecule has 0 saturated heterocycles. The number of aryl methyl sites for hydroxylation is 1. The molecule has 0 aliphatic rings. The van der Waals surface area contributed by atoms with Gasteiger partial charge in [0.15, 0.2) is 0 Å². The molecule has 0 atom stereocenters. The highest BCUT2D eigenvalue weighted by Crippen LogP contribution is 2.20. The summed E-state index contributed by atoms with van der Waals surface area (Å²) in [5.74, 6) is -0.144. The summed E-state index contributed by atoms with van der Waals surface area (Å²) in [5, 5.41) is 2.86. The van der Waals surface area contributed by atoms with Gasteiger partial charge in [-0.3, -0.25) is 9.59 Å². The molecule has 0 aliphatic carbocycles. The van der Waals surface area contributed by atoms with Gasteiger partial charge in [0, 0.05) is 36.6 Å². The van der Waals surface area contributed by atoms with Crippen LogP contribution < -0.4 is 5.32 Å². The Morgan fingerprint density at radius 2 is 1.83 bits per heavy atom. The van der Waals surface area contributed by atoms with Crippen LogP contribution in [0.15, 0.2) is 53.0 Å². The predicted molar refractivity (Wildman–Crippen MR) is 99.7 cm³/mol. The number of benzene rings is 2. The molecule has 5 heteroatoms. The summed E-state index contributed by atoms with van der Waals surface area (Å²) >= 11 is 3.45. The van der Waals surface area contributed by atoms with Gasteiger partial charge in [-0.1, -0.05) is 52.3 Å². The number of carbonyl (C=O) groups is 2. The van der Waals surface area contributed by atoms with Crippen LogP contribution in [0.3, 0.4) is 0 Å². The van der Waals surface area contributed by atoms with E-state index in [1.165, 1.54) is 6.92 Å². The molecule has 2 aromatic rings. The van der Waals surface area contributed by atoms with Crippen LogP contribution in [0.5, 0.6) is 0 Å². The average molecular weight is 389 g/mol. The highest BCUT2D eigenvalue weighted by Gasteiger charge is 2.12. The van der Waals surface area contributed by atoms with E-state index in [0.717, 1.165) is 21.3 Å². The topological polar surface area (TPSA) is 49.4 Å². The summed E-state index contributed by atoms with van der Waals surface area (Å²) in [6.45, 7) is 4.42. The maximum absolute atomic E-state index is 12.1. The van der Waals surface area contributed by atoms with E-state index in [0.29, 0.717) is 13.1 Å². The second-order valence-corrected chi connectivity index (χ2v) is 6.54. The minimum absolute atomic E-state index is 0.0373. The van der Waals surface area contributed by atoms with E-state index < -0.39 is 0 Å². The van der Waals surface area contributed by atoms with Crippen LogP contribution in [0.1, 0.15) is 24.5 Å². The largest absolute Gasteiger partial charge is 0.338 e. The maximum atomic E-state index is 12.1. The Kier molecular flexibility index (Phi) is 6.55. The first kappa shape index (κ1) is 18.2. The Hall–Kier alpha value is -2.14. The molecule has 126 valence electrons. The molecular formula is C19H21BrN2O2. The van der Waals surface area contributed by atoms with Crippen molar-refractivity contribution in [1.29, 1.82) is 0 Å². The van der Waals surface area contributed by atoms with E-state index in [1.54, 1.807) is 4.90 Å². The lowest BCUT2D eigenvalue weighted by Crippen LogP contribution is -2.31. The SMILES string of the molecule is CC(=O)N(CCC(=O)Nc1ccc(C)c(Br)c1)Cc1ccccc1. The first-order chi connectivity index (χ1) is 11.5. The Morgan fingerprint density at radius 1 is 1.12 bits per heavy atom. The van der Waals surface area contributed by atoms with Crippen molar-refractivity contribution in [2.75, 3.05) is 11.9 Å². The maximum Gasteiger partial charge on any atom is 0.226 e. The van der Waals surface area contributed by atoms with Gasteiger partial charge in [0.05, 0.1) is 0 Å². The lowest BCUT2D eigenvalue weighted by molar-refractivity contribution is -0.129. The van der Waals surface area contributed by atoms with Crippen LogP contribution in [-0.2, 0) is 16.1 Å². The number of nitrogens with zero attached hydrogens (tertiary/aromatic N) is 1. The van der Waals surface area contributed by atoms with Crippen LogP contribution in [0.25, 0.3) is 0 Å². The zero-order valence-electron chi connectivity index (χ0n) is 13.9. The van der Waals surface area contributed by atoms with Gasteiger partial charge in [0.1, 0.15) is 0 Å². The molecule has 0 aromatic heterocycles. The number of halogens is 1. The smallest absolute Gasteiger partial charge is 0.226 e. The average Bonchev–Trinajstić information content (AvgIpc) is 2.55. The molecule has 2 rings (SSSR count). The highest BCUT2D eigenvalue weighted by molar-refractivity contribution is 9.10. The molecule has 2 amide bonds. The Bertz CT molecular complexity index is 717. The summed E-state index contributed by atoms with van der Waals surface area (Å²) < 4.78 is 0.953. The molecular weight excluding hydrogens is 368 g/mol. The van der Waals surface area contributed by atoms with Gasteiger partial charge < -0.3 is 10.2 Å². The van der Waals surface area contributed by atoms with Gasteiger partial charge in [-0.05, 0) is 30.2 Å². The lowest BCUT2D eigenvalue weighted by atomic mass is 10.2. The molecule has 0 unspecified atom stereocenters. The Morgan fingerprint density at radius 3 is 2.46 bits per heavy atom. The molecule has 0 saturated carbocycles. The van der Waals surface area contributed by atoms with Gasteiger partial charge in [-0.15, -0.1) is 0 Å². The fraction of sp³-hybridized carbons (Fsp3) is 0.263. The highest BCUT2D eigenvalue weighted by atomic mass is 79.9. The van der Waals surface area contributed by atoms with Crippen molar-refractivity contribution in [3.8, 4) is 0 Å². The number of hydrogen-bond acceptors (Lipinski definition) is 2. The van der Waals surface area contributed by atoms with Crippen molar-refractivity contribution in [3.63, 3.8) is 0 Å². The van der Waals surface area contributed by atoms with Gasteiger partial charge in [0.2, 0.25) is 11.8 Å². The molecule has 0 heterocycles. The van der Waals surface area contributed by atoms with Crippen LogP contribution in [0.2, 0.25) is 0 Å². The van der Waals surface area contributed by atoms with Crippen LogP contribution in [0.4, 0.5) is 5.69 Å². The normalized spacial score (nSPS) is 10.3. The van der Waals surface area contributed by atoms with Crippen molar-refractivity contribution < 1.29 is 9.59 Å². The van der Waals surface area contributed by atoms with Gasteiger partial charge in [-0.2, -0.15) is 0 Å². The minimum atomic E-state index is -0.106. The van der Waals surface area contributed by atoms with Gasteiger partial charge >= 0.3 is 0 Å². The van der Waals surface area contributed by atoms with Crippen molar-refractivity contribution in [3.05, 3.63) is 64.1 Å². The van der Waals surface area contributed by atoms with Crippen LogP contribution >= 0.6 is 15.9 Å². The summed E-state index contributed by atoms with van der Waals surface area (Å²) in [7, 11) is 0. The Labute approximate surface area is 151 Å². The molecule has 0 bridgehead atoms. The molecule has 0 radical (unpaired) electrons. The van der Waals surface area contributed by atoms with Gasteiger partial charge in [-0.25, -0.2) is 0 Å². The Balaban J connectivity index is 1.90. The second kappa shape index (κ2) is 8.64. The van der Waals surface area contributed by atoms with E-state index in [4.69, 9.17) is 0 Å². The zero-order valence-corrected chi connectivity index (χ0v) is 15.5. The number of carbonyl (C=O) groups excluding carboxylic acids is 2. The molecule has 1 N–H and O–H groups in total. The van der Waals surface area contributed by atoms with Crippen molar-refractivity contribution in [1.82, 2.24) is 4.90 Å². The summed E-state index contributed by atoms with van der Waals surface area (Å²) in [5.41, 5.74) is 2.91. The number of amides is 2. The van der Waals surface area contributed by atoms with E-state index in [1.807, 2.05) is 55.5 Å². The second-order valence-electron chi connectivity index (χ2n) is 5.69.